The average Bonchev–Trinajstić information content (AvgIpc) is 2.27. The van der Waals surface area contributed by atoms with Crippen LogP contribution in [-0.4, -0.2) is 34.1 Å². The van der Waals surface area contributed by atoms with Crippen LogP contribution in [0, 0.1) is 0 Å². The van der Waals surface area contributed by atoms with E-state index in [9.17, 15) is 8.78 Å². The van der Waals surface area contributed by atoms with Gasteiger partial charge in [0.15, 0.2) is 0 Å². The standard InChI is InChI=1S/C9H13F2N3O/c1-2-7-3-8(14-6-13-7)12-4-9(10,11)5-15/h3,6,15H,2,4-5H2,1H3,(H,12,13,14). The molecule has 0 fully saturated rings. The Kier molecular flexibility index (Phi) is 3.90. The Labute approximate surface area is 86.4 Å². The van der Waals surface area contributed by atoms with E-state index in [1.807, 2.05) is 6.92 Å². The van der Waals surface area contributed by atoms with Crippen molar-refractivity contribution in [3.05, 3.63) is 18.1 Å². The van der Waals surface area contributed by atoms with Crippen LogP contribution >= 0.6 is 0 Å². The molecule has 1 rings (SSSR count). The highest BCUT2D eigenvalue weighted by Gasteiger charge is 2.27. The topological polar surface area (TPSA) is 58.0 Å². The number of alkyl halides is 2. The van der Waals surface area contributed by atoms with E-state index in [2.05, 4.69) is 15.3 Å². The molecule has 15 heavy (non-hydrogen) atoms. The summed E-state index contributed by atoms with van der Waals surface area (Å²) in [5.74, 6) is -2.79. The molecule has 0 atom stereocenters. The number of halogens is 2. The fourth-order valence-electron chi connectivity index (χ4n) is 0.963. The molecule has 0 aliphatic carbocycles. The molecule has 0 spiro atoms. The number of hydrogen-bond acceptors (Lipinski definition) is 4. The second-order valence-electron chi connectivity index (χ2n) is 3.12. The van der Waals surface area contributed by atoms with Crippen molar-refractivity contribution in [3.8, 4) is 0 Å². The fraction of sp³-hybridized carbons (Fsp3) is 0.556. The van der Waals surface area contributed by atoms with E-state index in [-0.39, 0.29) is 0 Å². The van der Waals surface area contributed by atoms with Crippen molar-refractivity contribution >= 4 is 5.82 Å². The van der Waals surface area contributed by atoms with Gasteiger partial charge in [-0.2, -0.15) is 0 Å². The maximum Gasteiger partial charge on any atom is 0.287 e. The van der Waals surface area contributed by atoms with E-state index in [0.29, 0.717) is 12.2 Å². The first-order valence-corrected chi connectivity index (χ1v) is 4.61. The summed E-state index contributed by atoms with van der Waals surface area (Å²) in [5, 5.41) is 10.8. The van der Waals surface area contributed by atoms with Crippen molar-refractivity contribution in [2.24, 2.45) is 0 Å². The summed E-state index contributed by atoms with van der Waals surface area (Å²) in [6.07, 6.45) is 2.03. The highest BCUT2D eigenvalue weighted by atomic mass is 19.3. The number of nitrogens with zero attached hydrogens (tertiary/aromatic N) is 2. The predicted molar refractivity (Wildman–Crippen MR) is 51.9 cm³/mol. The van der Waals surface area contributed by atoms with Crippen molar-refractivity contribution in [2.45, 2.75) is 19.3 Å². The van der Waals surface area contributed by atoms with Gasteiger partial charge in [-0.05, 0) is 6.42 Å². The minimum Gasteiger partial charge on any atom is -0.390 e. The zero-order valence-electron chi connectivity index (χ0n) is 8.37. The summed E-state index contributed by atoms with van der Waals surface area (Å²) in [5.41, 5.74) is 0.778. The van der Waals surface area contributed by atoms with Crippen LogP contribution in [0.25, 0.3) is 0 Å². The zero-order valence-corrected chi connectivity index (χ0v) is 8.37. The fourth-order valence-corrected chi connectivity index (χ4v) is 0.963. The number of hydrogen-bond donors (Lipinski definition) is 2. The average molecular weight is 217 g/mol. The molecule has 0 saturated heterocycles. The van der Waals surface area contributed by atoms with Gasteiger partial charge < -0.3 is 10.4 Å². The lowest BCUT2D eigenvalue weighted by Gasteiger charge is -2.14. The van der Waals surface area contributed by atoms with Crippen molar-refractivity contribution in [1.29, 1.82) is 0 Å². The molecule has 1 aromatic heterocycles. The summed E-state index contributed by atoms with van der Waals surface area (Å²) in [6.45, 7) is 0.101. The van der Waals surface area contributed by atoms with Gasteiger partial charge >= 0.3 is 0 Å². The van der Waals surface area contributed by atoms with Crippen molar-refractivity contribution < 1.29 is 13.9 Å². The van der Waals surface area contributed by atoms with Crippen LogP contribution in [0.5, 0.6) is 0 Å². The molecule has 1 aromatic rings. The molecule has 1 heterocycles. The minimum absolute atomic E-state index is 0.343. The van der Waals surface area contributed by atoms with Crippen molar-refractivity contribution in [3.63, 3.8) is 0 Å². The summed E-state index contributed by atoms with van der Waals surface area (Å²) in [7, 11) is 0. The van der Waals surface area contributed by atoms with Gasteiger partial charge in [0.25, 0.3) is 5.92 Å². The number of rotatable bonds is 5. The van der Waals surface area contributed by atoms with Crippen LogP contribution in [-0.2, 0) is 6.42 Å². The summed E-state index contributed by atoms with van der Waals surface area (Å²) >= 11 is 0. The molecule has 0 bridgehead atoms. The molecular formula is C9H13F2N3O. The number of nitrogens with one attached hydrogen (secondary N) is 1. The van der Waals surface area contributed by atoms with Crippen LogP contribution in [0.2, 0.25) is 0 Å². The molecule has 84 valence electrons. The highest BCUT2D eigenvalue weighted by Crippen LogP contribution is 2.13. The normalized spacial score (nSPS) is 11.5. The zero-order chi connectivity index (χ0) is 11.3. The lowest BCUT2D eigenvalue weighted by molar-refractivity contribution is -0.0373. The number of aromatic nitrogens is 2. The van der Waals surface area contributed by atoms with E-state index in [0.717, 1.165) is 5.69 Å². The molecule has 6 heteroatoms. The third-order valence-corrected chi connectivity index (χ3v) is 1.85. The largest absolute Gasteiger partial charge is 0.390 e. The molecule has 2 N–H and O–H groups in total. The van der Waals surface area contributed by atoms with Gasteiger partial charge in [-0.25, -0.2) is 18.7 Å². The van der Waals surface area contributed by atoms with Gasteiger partial charge in [-0.3, -0.25) is 0 Å². The first-order valence-electron chi connectivity index (χ1n) is 4.61. The monoisotopic (exact) mass is 217 g/mol. The molecule has 0 saturated carbocycles. The summed E-state index contributed by atoms with van der Waals surface area (Å²) < 4.78 is 25.3. The Balaban J connectivity index is 2.57. The smallest absolute Gasteiger partial charge is 0.287 e. The number of aliphatic hydroxyl groups is 1. The summed E-state index contributed by atoms with van der Waals surface area (Å²) in [4.78, 5) is 7.72. The summed E-state index contributed by atoms with van der Waals surface area (Å²) in [6, 6.07) is 1.60. The Morgan fingerprint density at radius 3 is 2.80 bits per heavy atom. The van der Waals surface area contributed by atoms with Crippen LogP contribution in [0.1, 0.15) is 12.6 Å². The Morgan fingerprint density at radius 1 is 1.47 bits per heavy atom. The SMILES string of the molecule is CCc1cc(NCC(F)(F)CO)ncn1. The molecule has 0 amide bonds. The van der Waals surface area contributed by atoms with Gasteiger partial charge in [0.2, 0.25) is 0 Å². The molecule has 0 unspecified atom stereocenters. The Hall–Kier alpha value is -1.30. The molecule has 0 aliphatic heterocycles. The van der Waals surface area contributed by atoms with Crippen LogP contribution in [0.4, 0.5) is 14.6 Å². The van der Waals surface area contributed by atoms with E-state index < -0.39 is 19.1 Å². The first-order chi connectivity index (χ1) is 7.07. The van der Waals surface area contributed by atoms with Gasteiger partial charge in [0.05, 0.1) is 6.54 Å². The maximum atomic E-state index is 12.7. The van der Waals surface area contributed by atoms with E-state index in [1.165, 1.54) is 6.33 Å². The van der Waals surface area contributed by atoms with Gasteiger partial charge in [-0.15, -0.1) is 0 Å². The van der Waals surface area contributed by atoms with E-state index in [1.54, 1.807) is 6.07 Å². The Morgan fingerprint density at radius 2 is 2.20 bits per heavy atom. The Bertz CT molecular complexity index is 320. The van der Waals surface area contributed by atoms with Crippen LogP contribution in [0.15, 0.2) is 12.4 Å². The van der Waals surface area contributed by atoms with Crippen LogP contribution in [0.3, 0.4) is 0 Å². The minimum atomic E-state index is -3.13. The van der Waals surface area contributed by atoms with E-state index >= 15 is 0 Å². The second-order valence-corrected chi connectivity index (χ2v) is 3.12. The molecule has 0 aliphatic rings. The molecular weight excluding hydrogens is 204 g/mol. The molecule has 0 radical (unpaired) electrons. The second kappa shape index (κ2) is 4.97. The van der Waals surface area contributed by atoms with Gasteiger partial charge in [0, 0.05) is 11.8 Å². The van der Waals surface area contributed by atoms with E-state index in [4.69, 9.17) is 5.11 Å². The number of anilines is 1. The molecule has 0 aromatic carbocycles. The highest BCUT2D eigenvalue weighted by molar-refractivity contribution is 5.35. The van der Waals surface area contributed by atoms with Gasteiger partial charge in [-0.1, -0.05) is 6.92 Å². The molecule has 4 nitrogen and oxygen atoms in total. The van der Waals surface area contributed by atoms with Gasteiger partial charge in [0.1, 0.15) is 18.8 Å². The third-order valence-electron chi connectivity index (χ3n) is 1.85. The third kappa shape index (κ3) is 3.75. The quantitative estimate of drug-likeness (QED) is 0.774. The first kappa shape index (κ1) is 11.8. The lowest BCUT2D eigenvalue weighted by atomic mass is 10.3. The number of aliphatic hydroxyl groups excluding tert-OH is 1. The maximum absolute atomic E-state index is 12.7. The predicted octanol–water partition coefficient (Wildman–Crippen LogP) is 1.08. The number of aryl methyl sites for hydroxylation is 1. The van der Waals surface area contributed by atoms with Crippen molar-refractivity contribution in [2.75, 3.05) is 18.5 Å². The lowest BCUT2D eigenvalue weighted by Crippen LogP contribution is -2.31. The van der Waals surface area contributed by atoms with Crippen molar-refractivity contribution in [1.82, 2.24) is 9.97 Å². The van der Waals surface area contributed by atoms with Crippen LogP contribution < -0.4 is 5.32 Å².